The van der Waals surface area contributed by atoms with Crippen molar-refractivity contribution < 1.29 is 4.79 Å². The highest BCUT2D eigenvalue weighted by molar-refractivity contribution is 6.35. The Morgan fingerprint density at radius 2 is 1.81 bits per heavy atom. The number of aryl methyl sites for hydroxylation is 1. The Bertz CT molecular complexity index is 1010. The number of aromatic nitrogens is 2. The Balaban J connectivity index is 1.58. The lowest BCUT2D eigenvalue weighted by Crippen LogP contribution is -2.55. The van der Waals surface area contributed by atoms with E-state index in [1.165, 1.54) is 0 Å². The van der Waals surface area contributed by atoms with Gasteiger partial charge in [0.2, 0.25) is 0 Å². The van der Waals surface area contributed by atoms with Crippen LogP contribution in [-0.4, -0.2) is 52.6 Å². The molecule has 0 radical (unpaired) electrons. The maximum absolute atomic E-state index is 12.6. The molecule has 1 aliphatic carbocycles. The van der Waals surface area contributed by atoms with E-state index in [2.05, 4.69) is 17.1 Å². The van der Waals surface area contributed by atoms with Crippen molar-refractivity contribution in [3.05, 3.63) is 50.9 Å². The highest BCUT2D eigenvalue weighted by atomic mass is 35.5. The molecule has 2 heterocycles. The molecular weight excluding hydrogens is 445 g/mol. The van der Waals surface area contributed by atoms with Gasteiger partial charge < -0.3 is 15.1 Å². The first-order valence-electron chi connectivity index (χ1n) is 11.2. The lowest BCUT2D eigenvalue weighted by molar-refractivity contribution is 0.185. The summed E-state index contributed by atoms with van der Waals surface area (Å²) in [6.07, 6.45) is 2.96. The molecule has 0 unspecified atom stereocenters. The minimum absolute atomic E-state index is 0.0112. The quantitative estimate of drug-likeness (QED) is 0.660. The molecule has 2 aromatic rings. The minimum Gasteiger partial charge on any atom is -0.353 e. The van der Waals surface area contributed by atoms with E-state index in [-0.39, 0.29) is 11.6 Å². The van der Waals surface area contributed by atoms with Gasteiger partial charge in [0.05, 0.1) is 0 Å². The van der Waals surface area contributed by atoms with E-state index in [9.17, 15) is 4.79 Å². The number of carbonyl (C=O) groups excluding carboxylic acids is 1. The Morgan fingerprint density at radius 1 is 1.12 bits per heavy atom. The summed E-state index contributed by atoms with van der Waals surface area (Å²) >= 11 is 12.6. The zero-order chi connectivity index (χ0) is 23.0. The van der Waals surface area contributed by atoms with Gasteiger partial charge in [-0.05, 0) is 58.2 Å². The third-order valence-corrected chi connectivity index (χ3v) is 6.47. The van der Waals surface area contributed by atoms with Crippen LogP contribution in [0.5, 0.6) is 0 Å². The van der Waals surface area contributed by atoms with Gasteiger partial charge in [-0.2, -0.15) is 0 Å². The molecule has 1 aromatic heterocycles. The maximum atomic E-state index is 12.6. The van der Waals surface area contributed by atoms with Crippen LogP contribution in [0.25, 0.3) is 0 Å². The molecule has 1 N–H and O–H groups in total. The van der Waals surface area contributed by atoms with E-state index in [1.54, 1.807) is 6.07 Å². The van der Waals surface area contributed by atoms with Gasteiger partial charge in [0.25, 0.3) is 0 Å². The Labute approximate surface area is 200 Å². The molecule has 2 aliphatic rings. The van der Waals surface area contributed by atoms with Gasteiger partial charge in [-0.15, -0.1) is 0 Å². The third-order valence-electron chi connectivity index (χ3n) is 5.88. The second-order valence-electron chi connectivity index (χ2n) is 9.81. The summed E-state index contributed by atoms with van der Waals surface area (Å²) in [7, 11) is 0. The van der Waals surface area contributed by atoms with Crippen LogP contribution < -0.4 is 10.2 Å². The molecule has 0 atom stereocenters. The molecule has 1 aliphatic heterocycles. The zero-order valence-electron chi connectivity index (χ0n) is 19.2. The monoisotopic (exact) mass is 475 g/mol. The molecule has 1 saturated carbocycles. The molecule has 6 nitrogen and oxygen atoms in total. The first kappa shape index (κ1) is 23.1. The summed E-state index contributed by atoms with van der Waals surface area (Å²) in [5.41, 5.74) is 2.84. The summed E-state index contributed by atoms with van der Waals surface area (Å²) in [4.78, 5) is 26.6. The zero-order valence-corrected chi connectivity index (χ0v) is 20.7. The summed E-state index contributed by atoms with van der Waals surface area (Å²) in [5, 5.41) is 4.33. The number of anilines is 1. The van der Waals surface area contributed by atoms with Crippen molar-refractivity contribution >= 4 is 35.1 Å². The number of halogens is 2. The lowest BCUT2D eigenvalue weighted by atomic mass is 10.0. The molecule has 4 rings (SSSR count). The molecule has 32 heavy (non-hydrogen) atoms. The molecule has 2 fully saturated rings. The van der Waals surface area contributed by atoms with Crippen LogP contribution in [-0.2, 0) is 6.42 Å². The highest BCUT2D eigenvalue weighted by Gasteiger charge is 2.31. The van der Waals surface area contributed by atoms with E-state index in [4.69, 9.17) is 33.2 Å². The number of piperazine rings is 1. The van der Waals surface area contributed by atoms with Gasteiger partial charge in [0.1, 0.15) is 11.6 Å². The van der Waals surface area contributed by atoms with Gasteiger partial charge in [-0.1, -0.05) is 29.3 Å². The van der Waals surface area contributed by atoms with Gasteiger partial charge >= 0.3 is 6.03 Å². The summed E-state index contributed by atoms with van der Waals surface area (Å²) in [6, 6.07) is 5.60. The van der Waals surface area contributed by atoms with Crippen molar-refractivity contribution in [3.8, 4) is 0 Å². The fraction of sp³-hybridized carbons (Fsp3) is 0.542. The summed E-state index contributed by atoms with van der Waals surface area (Å²) < 4.78 is 0. The first-order chi connectivity index (χ1) is 15.1. The lowest BCUT2D eigenvalue weighted by Gasteiger charge is -2.37. The number of urea groups is 1. The fourth-order valence-corrected chi connectivity index (χ4v) is 4.45. The maximum Gasteiger partial charge on any atom is 0.317 e. The average Bonchev–Trinajstić information content (AvgIpc) is 3.55. The van der Waals surface area contributed by atoms with E-state index in [1.807, 2.05) is 37.8 Å². The smallest absolute Gasteiger partial charge is 0.317 e. The average molecular weight is 476 g/mol. The van der Waals surface area contributed by atoms with Crippen LogP contribution in [0.1, 0.15) is 62.2 Å². The second kappa shape index (κ2) is 9.06. The van der Waals surface area contributed by atoms with Crippen LogP contribution in [0.2, 0.25) is 10.0 Å². The van der Waals surface area contributed by atoms with E-state index in [0.717, 1.165) is 54.4 Å². The van der Waals surface area contributed by atoms with Gasteiger partial charge in [0, 0.05) is 65.4 Å². The number of carbonyl (C=O) groups is 1. The van der Waals surface area contributed by atoms with E-state index >= 15 is 0 Å². The molecule has 1 saturated heterocycles. The molecule has 1 aromatic carbocycles. The Hall–Kier alpha value is -2.05. The fourth-order valence-electron chi connectivity index (χ4n) is 3.97. The summed E-state index contributed by atoms with van der Waals surface area (Å²) in [5.74, 6) is 2.39. The predicted molar refractivity (Wildman–Crippen MR) is 130 cm³/mol. The number of benzene rings is 1. The minimum atomic E-state index is -0.248. The topological polar surface area (TPSA) is 61.4 Å². The largest absolute Gasteiger partial charge is 0.353 e. The van der Waals surface area contributed by atoms with E-state index < -0.39 is 0 Å². The van der Waals surface area contributed by atoms with Crippen molar-refractivity contribution in [1.29, 1.82) is 0 Å². The predicted octanol–water partition coefficient (Wildman–Crippen LogP) is 5.19. The van der Waals surface area contributed by atoms with Crippen LogP contribution >= 0.6 is 23.2 Å². The standard InChI is InChI=1S/C24H31Cl2N5O/c1-15-19(13-17-7-8-18(25)14-20(17)26)22(28-21(27-15)16-5-6-16)30-9-11-31(12-10-30)23(32)29-24(2,3)4/h7-8,14,16H,5-6,9-13H2,1-4H3,(H,29,32). The van der Waals surface area contributed by atoms with E-state index in [0.29, 0.717) is 35.5 Å². The molecule has 8 heteroatoms. The van der Waals surface area contributed by atoms with Crippen molar-refractivity contribution in [3.63, 3.8) is 0 Å². The SMILES string of the molecule is Cc1nc(C2CC2)nc(N2CCN(C(=O)NC(C)(C)C)CC2)c1Cc1ccc(Cl)cc1Cl. The molecular formula is C24H31Cl2N5O. The van der Waals surface area contributed by atoms with Crippen molar-refractivity contribution in [2.24, 2.45) is 0 Å². The van der Waals surface area contributed by atoms with Crippen molar-refractivity contribution in [2.75, 3.05) is 31.1 Å². The number of hydrogen-bond donors (Lipinski definition) is 1. The highest BCUT2D eigenvalue weighted by Crippen LogP contribution is 2.40. The molecule has 0 bridgehead atoms. The Kier molecular flexibility index (Phi) is 6.55. The number of amides is 2. The Morgan fingerprint density at radius 3 is 2.41 bits per heavy atom. The second-order valence-corrected chi connectivity index (χ2v) is 10.7. The van der Waals surface area contributed by atoms with Crippen molar-refractivity contribution in [1.82, 2.24) is 20.2 Å². The third kappa shape index (κ3) is 5.46. The summed E-state index contributed by atoms with van der Waals surface area (Å²) in [6.45, 7) is 10.8. The normalized spacial score (nSPS) is 16.9. The van der Waals surface area contributed by atoms with Crippen molar-refractivity contribution in [2.45, 2.75) is 58.4 Å². The van der Waals surface area contributed by atoms with Crippen LogP contribution in [0.3, 0.4) is 0 Å². The van der Waals surface area contributed by atoms with Crippen LogP contribution in [0.15, 0.2) is 18.2 Å². The molecule has 2 amide bonds. The number of nitrogens with zero attached hydrogens (tertiary/aromatic N) is 4. The molecule has 172 valence electrons. The van der Waals surface area contributed by atoms with Gasteiger partial charge in [-0.25, -0.2) is 14.8 Å². The van der Waals surface area contributed by atoms with Crippen LogP contribution in [0, 0.1) is 6.92 Å². The molecule has 0 spiro atoms. The number of rotatable bonds is 4. The van der Waals surface area contributed by atoms with Crippen LogP contribution in [0.4, 0.5) is 10.6 Å². The van der Waals surface area contributed by atoms with Gasteiger partial charge in [-0.3, -0.25) is 0 Å². The van der Waals surface area contributed by atoms with Gasteiger partial charge in [0.15, 0.2) is 0 Å². The number of hydrogen-bond acceptors (Lipinski definition) is 4. The number of nitrogens with one attached hydrogen (secondary N) is 1. The first-order valence-corrected chi connectivity index (χ1v) is 12.0.